The first kappa shape index (κ1) is 17.1. The van der Waals surface area contributed by atoms with Crippen molar-refractivity contribution in [1.29, 1.82) is 0 Å². The lowest BCUT2D eigenvalue weighted by molar-refractivity contribution is -0.153. The van der Waals surface area contributed by atoms with E-state index in [1.165, 1.54) is 12.1 Å². The van der Waals surface area contributed by atoms with Crippen LogP contribution < -0.4 is 5.32 Å². The first-order valence-electron chi connectivity index (χ1n) is 6.95. The number of benzene rings is 1. The number of carbonyl (C=O) groups is 2. The van der Waals surface area contributed by atoms with Gasteiger partial charge in [-0.1, -0.05) is 26.0 Å². The molecule has 0 aliphatic carbocycles. The number of carboxylic acid groups (broad SMARTS) is 1. The van der Waals surface area contributed by atoms with Gasteiger partial charge >= 0.3 is 5.97 Å². The second-order valence-electron chi connectivity index (χ2n) is 5.90. The average molecular weight is 295 g/mol. The number of rotatable bonds is 6. The standard InChI is InChI=1S/C16H22FNO3/c1-10(2)16(4,15(20)21)9-14(19)18-11(3)12-6-5-7-13(17)8-12/h5-8,10-11H,9H2,1-4H3,(H,18,19)(H,20,21)/t11-,16?/m0/s1. The summed E-state index contributed by atoms with van der Waals surface area (Å²) in [6.45, 7) is 6.85. The monoisotopic (exact) mass is 295 g/mol. The molecule has 1 amide bonds. The zero-order valence-corrected chi connectivity index (χ0v) is 12.8. The molecule has 1 aromatic rings. The Bertz CT molecular complexity index is 530. The molecule has 21 heavy (non-hydrogen) atoms. The fourth-order valence-electron chi connectivity index (χ4n) is 2.01. The number of halogens is 1. The van der Waals surface area contributed by atoms with Gasteiger partial charge in [0, 0.05) is 6.42 Å². The summed E-state index contributed by atoms with van der Waals surface area (Å²) in [5.74, 6) is -1.90. The van der Waals surface area contributed by atoms with Crippen LogP contribution in [0, 0.1) is 17.2 Å². The minimum absolute atomic E-state index is 0.111. The summed E-state index contributed by atoms with van der Waals surface area (Å²) in [4.78, 5) is 23.4. The van der Waals surface area contributed by atoms with Crippen LogP contribution in [0.3, 0.4) is 0 Å². The lowest BCUT2D eigenvalue weighted by Crippen LogP contribution is -2.39. The zero-order chi connectivity index (χ0) is 16.2. The first-order valence-corrected chi connectivity index (χ1v) is 6.95. The van der Waals surface area contributed by atoms with Gasteiger partial charge in [-0.2, -0.15) is 0 Å². The van der Waals surface area contributed by atoms with Crippen LogP contribution in [0.4, 0.5) is 4.39 Å². The fraction of sp³-hybridized carbons (Fsp3) is 0.500. The molecule has 0 aromatic heterocycles. The number of amides is 1. The van der Waals surface area contributed by atoms with Gasteiger partial charge in [-0.15, -0.1) is 0 Å². The van der Waals surface area contributed by atoms with Crippen molar-refractivity contribution in [3.05, 3.63) is 35.6 Å². The highest BCUT2D eigenvalue weighted by molar-refractivity contribution is 5.85. The van der Waals surface area contributed by atoms with Crippen molar-refractivity contribution in [3.8, 4) is 0 Å². The molecule has 0 saturated heterocycles. The van der Waals surface area contributed by atoms with Gasteiger partial charge in [0.15, 0.2) is 0 Å². The zero-order valence-electron chi connectivity index (χ0n) is 12.8. The minimum atomic E-state index is -1.12. The lowest BCUT2D eigenvalue weighted by atomic mass is 9.76. The van der Waals surface area contributed by atoms with Crippen molar-refractivity contribution in [2.24, 2.45) is 11.3 Å². The van der Waals surface area contributed by atoms with Crippen molar-refractivity contribution in [3.63, 3.8) is 0 Å². The Hall–Kier alpha value is -1.91. The average Bonchev–Trinajstić information content (AvgIpc) is 2.37. The van der Waals surface area contributed by atoms with Crippen LogP contribution in [0.25, 0.3) is 0 Å². The maximum absolute atomic E-state index is 13.2. The van der Waals surface area contributed by atoms with E-state index in [1.807, 2.05) is 0 Å². The summed E-state index contributed by atoms with van der Waals surface area (Å²) in [6, 6.07) is 5.59. The van der Waals surface area contributed by atoms with Crippen LogP contribution in [0.2, 0.25) is 0 Å². The molecule has 1 unspecified atom stereocenters. The third kappa shape index (κ3) is 4.28. The van der Waals surface area contributed by atoms with Gasteiger partial charge < -0.3 is 10.4 Å². The molecule has 0 spiro atoms. The summed E-state index contributed by atoms with van der Waals surface area (Å²) in [6.07, 6.45) is -0.111. The summed E-state index contributed by atoms with van der Waals surface area (Å²) in [7, 11) is 0. The number of hydrogen-bond donors (Lipinski definition) is 2. The normalized spacial score (nSPS) is 15.3. The van der Waals surface area contributed by atoms with E-state index in [1.54, 1.807) is 39.8 Å². The molecule has 0 bridgehead atoms. The van der Waals surface area contributed by atoms with Crippen molar-refractivity contribution in [2.45, 2.75) is 40.2 Å². The quantitative estimate of drug-likeness (QED) is 0.847. The smallest absolute Gasteiger partial charge is 0.310 e. The highest BCUT2D eigenvalue weighted by Gasteiger charge is 2.38. The Morgan fingerprint density at radius 2 is 1.95 bits per heavy atom. The Morgan fingerprint density at radius 3 is 2.43 bits per heavy atom. The van der Waals surface area contributed by atoms with E-state index in [0.717, 1.165) is 0 Å². The third-order valence-electron chi connectivity index (χ3n) is 4.02. The van der Waals surface area contributed by atoms with E-state index in [0.29, 0.717) is 5.56 Å². The topological polar surface area (TPSA) is 66.4 Å². The molecule has 1 rings (SSSR count). The highest BCUT2D eigenvalue weighted by atomic mass is 19.1. The van der Waals surface area contributed by atoms with Crippen molar-refractivity contribution >= 4 is 11.9 Å². The van der Waals surface area contributed by atoms with E-state index in [-0.39, 0.29) is 30.1 Å². The molecule has 4 nitrogen and oxygen atoms in total. The van der Waals surface area contributed by atoms with Crippen LogP contribution >= 0.6 is 0 Å². The molecule has 0 fully saturated rings. The summed E-state index contributed by atoms with van der Waals surface area (Å²) in [5.41, 5.74) is -0.476. The van der Waals surface area contributed by atoms with Crippen LogP contribution in [0.1, 0.15) is 45.7 Å². The van der Waals surface area contributed by atoms with Gasteiger partial charge in [0.25, 0.3) is 0 Å². The molecule has 1 aromatic carbocycles. The van der Waals surface area contributed by atoms with E-state index in [9.17, 15) is 19.1 Å². The molecule has 0 heterocycles. The largest absolute Gasteiger partial charge is 0.481 e. The van der Waals surface area contributed by atoms with Gasteiger partial charge in [0.1, 0.15) is 5.82 Å². The lowest BCUT2D eigenvalue weighted by Gasteiger charge is -2.29. The van der Waals surface area contributed by atoms with Gasteiger partial charge in [0.05, 0.1) is 11.5 Å². The van der Waals surface area contributed by atoms with Gasteiger partial charge in [0.2, 0.25) is 5.91 Å². The third-order valence-corrected chi connectivity index (χ3v) is 4.02. The van der Waals surface area contributed by atoms with E-state index >= 15 is 0 Å². The van der Waals surface area contributed by atoms with Crippen LogP contribution in [-0.4, -0.2) is 17.0 Å². The molecule has 5 heteroatoms. The first-order chi connectivity index (χ1) is 9.66. The van der Waals surface area contributed by atoms with E-state index in [4.69, 9.17) is 0 Å². The number of nitrogens with one attached hydrogen (secondary N) is 1. The highest BCUT2D eigenvalue weighted by Crippen LogP contribution is 2.31. The molecule has 0 saturated carbocycles. The Balaban J connectivity index is 2.75. The van der Waals surface area contributed by atoms with Crippen LogP contribution in [-0.2, 0) is 9.59 Å². The maximum Gasteiger partial charge on any atom is 0.310 e. The van der Waals surface area contributed by atoms with Gasteiger partial charge in [-0.25, -0.2) is 4.39 Å². The summed E-state index contributed by atoms with van der Waals surface area (Å²) in [5, 5.41) is 12.0. The minimum Gasteiger partial charge on any atom is -0.481 e. The van der Waals surface area contributed by atoms with Crippen molar-refractivity contribution in [1.82, 2.24) is 5.32 Å². The van der Waals surface area contributed by atoms with E-state index in [2.05, 4.69) is 5.32 Å². The van der Waals surface area contributed by atoms with E-state index < -0.39 is 11.4 Å². The fourth-order valence-corrected chi connectivity index (χ4v) is 2.01. The molecular formula is C16H22FNO3. The second kappa shape index (κ2) is 6.70. The Labute approximate surface area is 124 Å². The van der Waals surface area contributed by atoms with Gasteiger partial charge in [-0.05, 0) is 37.5 Å². The molecule has 116 valence electrons. The summed E-state index contributed by atoms with van der Waals surface area (Å²) >= 11 is 0. The predicted molar refractivity (Wildman–Crippen MR) is 78.2 cm³/mol. The van der Waals surface area contributed by atoms with Crippen molar-refractivity contribution < 1.29 is 19.1 Å². The molecule has 0 aliphatic heterocycles. The summed E-state index contributed by atoms with van der Waals surface area (Å²) < 4.78 is 13.2. The van der Waals surface area contributed by atoms with Crippen LogP contribution in [0.5, 0.6) is 0 Å². The predicted octanol–water partition coefficient (Wildman–Crippen LogP) is 3.14. The Kier molecular flexibility index (Phi) is 5.47. The maximum atomic E-state index is 13.2. The van der Waals surface area contributed by atoms with Crippen LogP contribution in [0.15, 0.2) is 24.3 Å². The molecular weight excluding hydrogens is 273 g/mol. The number of aliphatic carboxylic acids is 1. The molecule has 0 radical (unpaired) electrons. The SMILES string of the molecule is CC(C)C(C)(CC(=O)N[C@@H](C)c1cccc(F)c1)C(=O)O. The van der Waals surface area contributed by atoms with Gasteiger partial charge in [-0.3, -0.25) is 9.59 Å². The molecule has 0 aliphatic rings. The van der Waals surface area contributed by atoms with Crippen molar-refractivity contribution in [2.75, 3.05) is 0 Å². The number of hydrogen-bond acceptors (Lipinski definition) is 2. The Morgan fingerprint density at radius 1 is 1.33 bits per heavy atom. The molecule has 2 atom stereocenters. The second-order valence-corrected chi connectivity index (χ2v) is 5.90. The number of carboxylic acids is 1. The number of carbonyl (C=O) groups excluding carboxylic acids is 1. The molecule has 2 N–H and O–H groups in total.